The third kappa shape index (κ3) is 4.46. The molecule has 0 saturated carbocycles. The van der Waals surface area contributed by atoms with Crippen LogP contribution in [0.2, 0.25) is 0 Å². The molecule has 1 atom stereocenters. The van der Waals surface area contributed by atoms with Crippen molar-refractivity contribution >= 4 is 5.91 Å². The van der Waals surface area contributed by atoms with E-state index in [2.05, 4.69) is 15.5 Å². The van der Waals surface area contributed by atoms with Crippen molar-refractivity contribution in [2.24, 2.45) is 0 Å². The Morgan fingerprint density at radius 3 is 2.79 bits per heavy atom. The average Bonchev–Trinajstić information content (AvgIpc) is 3.40. The second-order valence-electron chi connectivity index (χ2n) is 6.48. The van der Waals surface area contributed by atoms with Gasteiger partial charge in [-0.1, -0.05) is 29.4 Å². The first-order valence-corrected chi connectivity index (χ1v) is 9.00. The number of aliphatic hydroxyl groups is 1. The number of nitrogens with one attached hydrogen (secondary N) is 1. The summed E-state index contributed by atoms with van der Waals surface area (Å²) in [6, 6.07) is 12.8. The van der Waals surface area contributed by atoms with Gasteiger partial charge in [-0.2, -0.15) is 4.98 Å². The SMILES string of the molecule is CC(O)CNC(=O)c1nc(-c2ccc(COc3ccc4c(c3)OCO4)cc2)no1. The number of rotatable bonds is 7. The maximum Gasteiger partial charge on any atom is 0.316 e. The summed E-state index contributed by atoms with van der Waals surface area (Å²) in [6.45, 7) is 2.27. The van der Waals surface area contributed by atoms with E-state index in [9.17, 15) is 9.90 Å². The first-order chi connectivity index (χ1) is 14.1. The molecule has 2 N–H and O–H groups in total. The number of benzene rings is 2. The van der Waals surface area contributed by atoms with Crippen molar-refractivity contribution in [1.29, 1.82) is 0 Å². The predicted octanol–water partition coefficient (Wildman–Crippen LogP) is 2.15. The molecule has 1 amide bonds. The van der Waals surface area contributed by atoms with Gasteiger partial charge in [0, 0.05) is 18.2 Å². The quantitative estimate of drug-likeness (QED) is 0.623. The number of hydrogen-bond donors (Lipinski definition) is 2. The van der Waals surface area contributed by atoms with Crippen LogP contribution in [0.3, 0.4) is 0 Å². The molecular formula is C20H19N3O6. The summed E-state index contributed by atoms with van der Waals surface area (Å²) in [5.74, 6) is 1.68. The average molecular weight is 397 g/mol. The zero-order chi connectivity index (χ0) is 20.2. The molecule has 2 aromatic carbocycles. The molecule has 0 aliphatic carbocycles. The molecule has 2 heterocycles. The molecular weight excluding hydrogens is 378 g/mol. The Balaban J connectivity index is 1.36. The van der Waals surface area contributed by atoms with Crippen LogP contribution in [0.1, 0.15) is 23.2 Å². The zero-order valence-corrected chi connectivity index (χ0v) is 15.6. The smallest absolute Gasteiger partial charge is 0.316 e. The Bertz CT molecular complexity index is 1000. The van der Waals surface area contributed by atoms with E-state index in [1.807, 2.05) is 36.4 Å². The van der Waals surface area contributed by atoms with Gasteiger partial charge in [-0.25, -0.2) is 0 Å². The minimum absolute atomic E-state index is 0.106. The van der Waals surface area contributed by atoms with Crippen molar-refractivity contribution in [1.82, 2.24) is 15.5 Å². The molecule has 0 bridgehead atoms. The number of hydrogen-bond acceptors (Lipinski definition) is 8. The van der Waals surface area contributed by atoms with Crippen LogP contribution in [0.15, 0.2) is 47.0 Å². The van der Waals surface area contributed by atoms with Gasteiger partial charge >= 0.3 is 11.8 Å². The van der Waals surface area contributed by atoms with Gasteiger partial charge in [-0.05, 0) is 24.6 Å². The van der Waals surface area contributed by atoms with E-state index in [0.29, 0.717) is 35.2 Å². The maximum absolute atomic E-state index is 11.9. The number of amides is 1. The van der Waals surface area contributed by atoms with Crippen LogP contribution in [0.25, 0.3) is 11.4 Å². The Hall–Kier alpha value is -3.59. The van der Waals surface area contributed by atoms with Crippen molar-refractivity contribution in [2.45, 2.75) is 19.6 Å². The Labute approximate surface area is 166 Å². The summed E-state index contributed by atoms with van der Waals surface area (Å²) in [6.07, 6.45) is -0.659. The first kappa shape index (κ1) is 18.8. The Kier molecular flexibility index (Phi) is 5.30. The van der Waals surface area contributed by atoms with Crippen LogP contribution in [-0.2, 0) is 6.61 Å². The second-order valence-corrected chi connectivity index (χ2v) is 6.48. The van der Waals surface area contributed by atoms with E-state index in [-0.39, 0.29) is 19.2 Å². The lowest BCUT2D eigenvalue weighted by Gasteiger charge is -2.07. The van der Waals surface area contributed by atoms with Gasteiger partial charge in [0.25, 0.3) is 0 Å². The molecule has 9 heteroatoms. The molecule has 1 unspecified atom stereocenters. The predicted molar refractivity (Wildman–Crippen MR) is 101 cm³/mol. The Morgan fingerprint density at radius 2 is 2.00 bits per heavy atom. The number of fused-ring (bicyclic) bond motifs is 1. The summed E-state index contributed by atoms with van der Waals surface area (Å²) in [5.41, 5.74) is 1.65. The lowest BCUT2D eigenvalue weighted by molar-refractivity contribution is 0.0880. The van der Waals surface area contributed by atoms with Crippen LogP contribution in [-0.4, -0.2) is 40.6 Å². The normalized spacial score (nSPS) is 13.2. The summed E-state index contributed by atoms with van der Waals surface area (Å²) in [7, 11) is 0. The van der Waals surface area contributed by atoms with Gasteiger partial charge in [-0.3, -0.25) is 4.79 Å². The molecule has 0 spiro atoms. The number of nitrogens with zero attached hydrogens (tertiary/aromatic N) is 2. The summed E-state index contributed by atoms with van der Waals surface area (Å²) in [4.78, 5) is 16.0. The van der Waals surface area contributed by atoms with Gasteiger partial charge in [0.2, 0.25) is 12.6 Å². The van der Waals surface area contributed by atoms with Crippen LogP contribution in [0.5, 0.6) is 17.2 Å². The number of carbonyl (C=O) groups is 1. The van der Waals surface area contributed by atoms with E-state index in [0.717, 1.165) is 5.56 Å². The summed E-state index contributed by atoms with van der Waals surface area (Å²) < 4.78 is 21.4. The third-order valence-corrected chi connectivity index (χ3v) is 4.14. The fourth-order valence-corrected chi connectivity index (χ4v) is 2.63. The van der Waals surface area contributed by atoms with E-state index in [1.165, 1.54) is 0 Å². The van der Waals surface area contributed by atoms with Crippen LogP contribution >= 0.6 is 0 Å². The van der Waals surface area contributed by atoms with Gasteiger partial charge in [0.05, 0.1) is 6.10 Å². The molecule has 0 saturated heterocycles. The van der Waals surface area contributed by atoms with Crippen molar-refractivity contribution in [2.75, 3.05) is 13.3 Å². The first-order valence-electron chi connectivity index (χ1n) is 9.00. The third-order valence-electron chi connectivity index (χ3n) is 4.14. The lowest BCUT2D eigenvalue weighted by atomic mass is 10.1. The van der Waals surface area contributed by atoms with Crippen molar-refractivity contribution < 1.29 is 28.6 Å². The van der Waals surface area contributed by atoms with Gasteiger partial charge in [-0.15, -0.1) is 0 Å². The molecule has 29 heavy (non-hydrogen) atoms. The highest BCUT2D eigenvalue weighted by Gasteiger charge is 2.17. The number of ether oxygens (including phenoxy) is 3. The highest BCUT2D eigenvalue weighted by molar-refractivity contribution is 5.89. The summed E-state index contributed by atoms with van der Waals surface area (Å²) >= 11 is 0. The topological polar surface area (TPSA) is 116 Å². The molecule has 4 rings (SSSR count). The van der Waals surface area contributed by atoms with E-state index >= 15 is 0 Å². The van der Waals surface area contributed by atoms with Gasteiger partial charge < -0.3 is 29.2 Å². The standard InChI is InChI=1S/C20H19N3O6/c1-12(24)9-21-19(25)20-22-18(23-29-20)14-4-2-13(3-5-14)10-26-15-6-7-16-17(8-15)28-11-27-16/h2-8,12,24H,9-11H2,1H3,(H,21,25). The molecule has 0 radical (unpaired) electrons. The number of aromatic nitrogens is 2. The largest absolute Gasteiger partial charge is 0.489 e. The number of aliphatic hydroxyl groups excluding tert-OH is 1. The summed E-state index contributed by atoms with van der Waals surface area (Å²) in [5, 5.41) is 15.5. The van der Waals surface area contributed by atoms with E-state index in [1.54, 1.807) is 13.0 Å². The fourth-order valence-electron chi connectivity index (χ4n) is 2.63. The van der Waals surface area contributed by atoms with Crippen molar-refractivity contribution in [3.05, 3.63) is 53.9 Å². The minimum atomic E-state index is -0.659. The second kappa shape index (κ2) is 8.19. The fraction of sp³-hybridized carbons (Fsp3) is 0.250. The lowest BCUT2D eigenvalue weighted by Crippen LogP contribution is -2.30. The maximum atomic E-state index is 11.9. The molecule has 3 aromatic rings. The van der Waals surface area contributed by atoms with Gasteiger partial charge in [0.15, 0.2) is 11.5 Å². The monoisotopic (exact) mass is 397 g/mol. The molecule has 150 valence electrons. The number of carbonyl (C=O) groups excluding carboxylic acids is 1. The highest BCUT2D eigenvalue weighted by Crippen LogP contribution is 2.35. The molecule has 1 aromatic heterocycles. The van der Waals surface area contributed by atoms with Crippen LogP contribution in [0.4, 0.5) is 0 Å². The minimum Gasteiger partial charge on any atom is -0.489 e. The molecule has 1 aliphatic heterocycles. The zero-order valence-electron chi connectivity index (χ0n) is 15.6. The van der Waals surface area contributed by atoms with E-state index in [4.69, 9.17) is 18.7 Å². The molecule has 0 fully saturated rings. The van der Waals surface area contributed by atoms with Crippen LogP contribution in [0, 0.1) is 0 Å². The highest BCUT2D eigenvalue weighted by atomic mass is 16.7. The van der Waals surface area contributed by atoms with Gasteiger partial charge in [0.1, 0.15) is 12.4 Å². The van der Waals surface area contributed by atoms with Crippen molar-refractivity contribution in [3.8, 4) is 28.6 Å². The van der Waals surface area contributed by atoms with E-state index < -0.39 is 12.0 Å². The Morgan fingerprint density at radius 1 is 1.21 bits per heavy atom. The molecule has 1 aliphatic rings. The van der Waals surface area contributed by atoms with Crippen molar-refractivity contribution in [3.63, 3.8) is 0 Å². The molecule has 9 nitrogen and oxygen atoms in total. The van der Waals surface area contributed by atoms with Crippen LogP contribution < -0.4 is 19.5 Å².